The zero-order valence-corrected chi connectivity index (χ0v) is 9.01. The highest BCUT2D eigenvalue weighted by molar-refractivity contribution is 5.79. The van der Waals surface area contributed by atoms with Crippen LogP contribution in [0.5, 0.6) is 11.5 Å². The Morgan fingerprint density at radius 1 is 0.941 bits per heavy atom. The Morgan fingerprint density at radius 2 is 1.47 bits per heavy atom. The van der Waals surface area contributed by atoms with Crippen LogP contribution in [0.25, 0.3) is 0 Å². The molecule has 0 saturated heterocycles. The van der Waals surface area contributed by atoms with Crippen molar-refractivity contribution in [3.8, 4) is 11.5 Å². The Bertz CT molecular complexity index is 506. The van der Waals surface area contributed by atoms with E-state index in [4.69, 9.17) is 10.6 Å². The highest BCUT2D eigenvalue weighted by Crippen LogP contribution is 2.21. The zero-order valence-electron chi connectivity index (χ0n) is 9.01. The molecule has 0 amide bonds. The van der Waals surface area contributed by atoms with Crippen LogP contribution in [0.3, 0.4) is 0 Å². The van der Waals surface area contributed by atoms with Crippen molar-refractivity contribution in [2.24, 2.45) is 10.9 Å². The highest BCUT2D eigenvalue weighted by atomic mass is 19.1. The minimum atomic E-state index is -0.285. The Hall–Kier alpha value is -2.36. The van der Waals surface area contributed by atoms with E-state index in [9.17, 15) is 4.39 Å². The quantitative estimate of drug-likeness (QED) is 0.500. The van der Waals surface area contributed by atoms with Crippen LogP contribution in [0.2, 0.25) is 0 Å². The average molecular weight is 230 g/mol. The molecule has 0 bridgehead atoms. The van der Waals surface area contributed by atoms with Crippen LogP contribution in [0.1, 0.15) is 5.56 Å². The number of halogens is 1. The van der Waals surface area contributed by atoms with Crippen LogP contribution in [-0.4, -0.2) is 6.21 Å². The molecule has 0 fully saturated rings. The van der Waals surface area contributed by atoms with Gasteiger partial charge in [0.05, 0.1) is 6.21 Å². The maximum atomic E-state index is 12.7. The topological polar surface area (TPSA) is 47.6 Å². The number of ether oxygens (including phenoxy) is 1. The fourth-order valence-electron chi connectivity index (χ4n) is 1.35. The first-order valence-corrected chi connectivity index (χ1v) is 5.05. The van der Waals surface area contributed by atoms with Crippen molar-refractivity contribution in [3.63, 3.8) is 0 Å². The van der Waals surface area contributed by atoms with Crippen LogP contribution >= 0.6 is 0 Å². The van der Waals surface area contributed by atoms with Crippen molar-refractivity contribution < 1.29 is 9.13 Å². The van der Waals surface area contributed by atoms with Crippen LogP contribution in [0.15, 0.2) is 53.6 Å². The smallest absolute Gasteiger partial charge is 0.127 e. The summed E-state index contributed by atoms with van der Waals surface area (Å²) in [6, 6.07) is 13.1. The number of nitrogens with zero attached hydrogens (tertiary/aromatic N) is 1. The predicted molar refractivity (Wildman–Crippen MR) is 64.7 cm³/mol. The van der Waals surface area contributed by atoms with Gasteiger partial charge in [-0.3, -0.25) is 0 Å². The SMILES string of the molecule is NN=Cc1ccc(Oc2ccc(F)cc2)cc1. The molecule has 0 heterocycles. The number of hydrazone groups is 1. The first kappa shape index (κ1) is 11.1. The maximum absolute atomic E-state index is 12.7. The molecule has 0 aromatic heterocycles. The summed E-state index contributed by atoms with van der Waals surface area (Å²) in [5, 5.41) is 3.42. The maximum Gasteiger partial charge on any atom is 0.127 e. The summed E-state index contributed by atoms with van der Waals surface area (Å²) < 4.78 is 18.2. The molecule has 17 heavy (non-hydrogen) atoms. The molecule has 0 aliphatic rings. The van der Waals surface area contributed by atoms with Crippen molar-refractivity contribution in [3.05, 3.63) is 59.9 Å². The second kappa shape index (κ2) is 5.12. The van der Waals surface area contributed by atoms with Gasteiger partial charge in [-0.1, -0.05) is 0 Å². The summed E-state index contributed by atoms with van der Waals surface area (Å²) in [7, 11) is 0. The van der Waals surface area contributed by atoms with E-state index < -0.39 is 0 Å². The molecule has 2 aromatic carbocycles. The largest absolute Gasteiger partial charge is 0.457 e. The molecule has 0 atom stereocenters. The van der Waals surface area contributed by atoms with E-state index in [-0.39, 0.29) is 5.82 Å². The normalized spacial score (nSPS) is 10.6. The Kier molecular flexibility index (Phi) is 3.35. The number of benzene rings is 2. The molecule has 0 radical (unpaired) electrons. The lowest BCUT2D eigenvalue weighted by molar-refractivity contribution is 0.480. The van der Waals surface area contributed by atoms with Gasteiger partial charge in [0.1, 0.15) is 17.3 Å². The van der Waals surface area contributed by atoms with Crippen LogP contribution in [0.4, 0.5) is 4.39 Å². The highest BCUT2D eigenvalue weighted by Gasteiger charge is 1.97. The molecule has 3 nitrogen and oxygen atoms in total. The number of hydrogen-bond donors (Lipinski definition) is 1. The third-order valence-electron chi connectivity index (χ3n) is 2.15. The molecule has 0 saturated carbocycles. The first-order chi connectivity index (χ1) is 8.28. The lowest BCUT2D eigenvalue weighted by Crippen LogP contribution is -1.88. The lowest BCUT2D eigenvalue weighted by Gasteiger charge is -2.05. The summed E-state index contributed by atoms with van der Waals surface area (Å²) in [5.74, 6) is 6.02. The van der Waals surface area contributed by atoms with E-state index in [1.54, 1.807) is 30.5 Å². The second-order valence-corrected chi connectivity index (χ2v) is 3.40. The van der Waals surface area contributed by atoms with Gasteiger partial charge in [0.25, 0.3) is 0 Å². The molecular formula is C13H11FN2O. The fraction of sp³-hybridized carbons (Fsp3) is 0. The Balaban J connectivity index is 2.11. The second-order valence-electron chi connectivity index (χ2n) is 3.40. The molecule has 0 aliphatic carbocycles. The minimum absolute atomic E-state index is 0.285. The van der Waals surface area contributed by atoms with Gasteiger partial charge in [-0.2, -0.15) is 5.10 Å². The van der Waals surface area contributed by atoms with Gasteiger partial charge in [-0.05, 0) is 54.1 Å². The number of nitrogens with two attached hydrogens (primary N) is 1. The fourth-order valence-corrected chi connectivity index (χ4v) is 1.35. The van der Waals surface area contributed by atoms with Gasteiger partial charge in [-0.25, -0.2) is 4.39 Å². The van der Waals surface area contributed by atoms with Gasteiger partial charge < -0.3 is 10.6 Å². The van der Waals surface area contributed by atoms with Crippen LogP contribution in [-0.2, 0) is 0 Å². The zero-order chi connectivity index (χ0) is 12.1. The van der Waals surface area contributed by atoms with Crippen molar-refractivity contribution >= 4 is 6.21 Å². The van der Waals surface area contributed by atoms with Gasteiger partial charge in [0, 0.05) is 0 Å². The Labute approximate surface area is 98.3 Å². The van der Waals surface area contributed by atoms with E-state index in [0.29, 0.717) is 11.5 Å². The summed E-state index contributed by atoms with van der Waals surface area (Å²) in [6.45, 7) is 0. The van der Waals surface area contributed by atoms with Gasteiger partial charge in [0.2, 0.25) is 0 Å². The lowest BCUT2D eigenvalue weighted by atomic mass is 10.2. The predicted octanol–water partition coefficient (Wildman–Crippen LogP) is 2.91. The molecule has 0 aliphatic heterocycles. The van der Waals surface area contributed by atoms with E-state index in [1.165, 1.54) is 12.1 Å². The number of hydrogen-bond acceptors (Lipinski definition) is 3. The monoisotopic (exact) mass is 230 g/mol. The van der Waals surface area contributed by atoms with Crippen LogP contribution < -0.4 is 10.6 Å². The Morgan fingerprint density at radius 3 is 2.00 bits per heavy atom. The summed E-state index contributed by atoms with van der Waals surface area (Å²) in [4.78, 5) is 0. The minimum Gasteiger partial charge on any atom is -0.457 e. The van der Waals surface area contributed by atoms with Gasteiger partial charge in [-0.15, -0.1) is 0 Å². The standard InChI is InChI=1S/C13H11FN2O/c14-11-3-7-13(8-4-11)17-12-5-1-10(2-6-12)9-16-15/h1-9H,15H2. The third-order valence-corrected chi connectivity index (χ3v) is 2.15. The molecule has 4 heteroatoms. The molecule has 0 spiro atoms. The molecule has 0 unspecified atom stereocenters. The first-order valence-electron chi connectivity index (χ1n) is 5.05. The van der Waals surface area contributed by atoms with Crippen molar-refractivity contribution in [1.29, 1.82) is 0 Å². The molecule has 2 aromatic rings. The molecule has 2 rings (SSSR count). The van der Waals surface area contributed by atoms with Gasteiger partial charge in [0.15, 0.2) is 0 Å². The van der Waals surface area contributed by atoms with Gasteiger partial charge >= 0.3 is 0 Å². The van der Waals surface area contributed by atoms with E-state index in [0.717, 1.165) is 5.56 Å². The average Bonchev–Trinajstić information content (AvgIpc) is 2.35. The molecular weight excluding hydrogens is 219 g/mol. The summed E-state index contributed by atoms with van der Waals surface area (Å²) >= 11 is 0. The van der Waals surface area contributed by atoms with Crippen molar-refractivity contribution in [2.75, 3.05) is 0 Å². The van der Waals surface area contributed by atoms with E-state index in [1.807, 2.05) is 12.1 Å². The molecule has 2 N–H and O–H groups in total. The summed E-state index contributed by atoms with van der Waals surface area (Å²) in [5.41, 5.74) is 0.888. The molecule has 86 valence electrons. The number of rotatable bonds is 3. The van der Waals surface area contributed by atoms with E-state index >= 15 is 0 Å². The van der Waals surface area contributed by atoms with Crippen LogP contribution in [0, 0.1) is 5.82 Å². The van der Waals surface area contributed by atoms with E-state index in [2.05, 4.69) is 5.10 Å². The van der Waals surface area contributed by atoms with Crippen molar-refractivity contribution in [2.45, 2.75) is 0 Å². The third kappa shape index (κ3) is 3.04. The summed E-state index contributed by atoms with van der Waals surface area (Å²) in [6.07, 6.45) is 1.54. The van der Waals surface area contributed by atoms with Crippen molar-refractivity contribution in [1.82, 2.24) is 0 Å².